The van der Waals surface area contributed by atoms with Crippen LogP contribution in [0.1, 0.15) is 64.9 Å². The second-order valence-electron chi connectivity index (χ2n) is 16.8. The van der Waals surface area contributed by atoms with Crippen LogP contribution < -0.4 is 36.4 Å². The van der Waals surface area contributed by atoms with Crippen molar-refractivity contribution < 1.29 is 28.4 Å². The Balaban J connectivity index is 0.813. The Morgan fingerprint density at radius 2 is 1.67 bits per heavy atom. The molecule has 18 nitrogen and oxygen atoms in total. The van der Waals surface area contributed by atoms with Crippen LogP contribution in [0.3, 0.4) is 0 Å². The molecule has 0 bridgehead atoms. The Hall–Kier alpha value is -6.11. The van der Waals surface area contributed by atoms with Crippen molar-refractivity contribution >= 4 is 58.5 Å². The van der Waals surface area contributed by atoms with Crippen molar-refractivity contribution in [1.29, 1.82) is 0 Å². The summed E-state index contributed by atoms with van der Waals surface area (Å²) in [7, 11) is 1.80. The summed E-state index contributed by atoms with van der Waals surface area (Å²) in [4.78, 5) is 78.5. The number of halogens is 1. The fraction of sp³-hybridized carbons (Fsp3) is 0.524. The first kappa shape index (κ1) is 41.6. The Kier molecular flexibility index (Phi) is 12.2. The van der Waals surface area contributed by atoms with E-state index < -0.39 is 23.7 Å². The van der Waals surface area contributed by atoms with Crippen LogP contribution in [-0.4, -0.2) is 151 Å². The van der Waals surface area contributed by atoms with E-state index in [4.69, 9.17) is 5.73 Å². The second-order valence-corrected chi connectivity index (χ2v) is 16.8. The number of likely N-dealkylation sites (N-methyl/N-ethyl adjacent to an activating group) is 1. The molecule has 5 fully saturated rings. The van der Waals surface area contributed by atoms with Crippen molar-refractivity contribution in [2.24, 2.45) is 11.7 Å². The van der Waals surface area contributed by atoms with Gasteiger partial charge in [-0.1, -0.05) is 0 Å². The number of hydrogen-bond acceptors (Lipinski definition) is 13. The average molecular weight is 840 g/mol. The lowest BCUT2D eigenvalue weighted by Gasteiger charge is -2.40. The van der Waals surface area contributed by atoms with Crippen LogP contribution in [0.4, 0.5) is 38.0 Å². The van der Waals surface area contributed by atoms with Crippen LogP contribution in [0.25, 0.3) is 0 Å². The van der Waals surface area contributed by atoms with E-state index >= 15 is 4.39 Å². The molecule has 0 saturated carbocycles. The highest BCUT2D eigenvalue weighted by Gasteiger charge is 2.35. The molecule has 5 aliphatic rings. The van der Waals surface area contributed by atoms with Crippen molar-refractivity contribution in [2.45, 2.75) is 57.5 Å². The lowest BCUT2D eigenvalue weighted by atomic mass is 9.95. The number of piperazine rings is 1. The zero-order valence-corrected chi connectivity index (χ0v) is 34.7. The highest BCUT2D eigenvalue weighted by atomic mass is 19.1. The Bertz CT molecular complexity index is 2180. The number of nitrogens with zero attached hydrogens (tertiary/aromatic N) is 9. The molecule has 61 heavy (non-hydrogen) atoms. The zero-order valence-electron chi connectivity index (χ0n) is 34.7. The molecule has 8 rings (SSSR count). The molecule has 2 aromatic carbocycles. The number of anilines is 5. The number of carbonyl (C=O) groups is 5. The first-order valence-corrected chi connectivity index (χ1v) is 21.3. The molecular formula is C42H54FN13O5. The van der Waals surface area contributed by atoms with E-state index in [1.165, 1.54) is 6.07 Å². The van der Waals surface area contributed by atoms with Gasteiger partial charge in [-0.3, -0.25) is 29.4 Å². The lowest BCUT2D eigenvalue weighted by Crippen LogP contribution is -2.52. The molecule has 5 saturated heterocycles. The van der Waals surface area contributed by atoms with Gasteiger partial charge in [0.2, 0.25) is 17.8 Å². The van der Waals surface area contributed by atoms with Crippen LogP contribution in [0.2, 0.25) is 0 Å². The Morgan fingerprint density at radius 3 is 2.36 bits per heavy atom. The molecule has 0 aliphatic carbocycles. The van der Waals surface area contributed by atoms with Crippen LogP contribution in [0.5, 0.6) is 0 Å². The summed E-state index contributed by atoms with van der Waals surface area (Å²) in [5.41, 5.74) is 8.78. The zero-order chi connectivity index (χ0) is 42.8. The van der Waals surface area contributed by atoms with E-state index in [2.05, 4.69) is 45.8 Å². The highest BCUT2D eigenvalue weighted by molar-refractivity contribution is 6.04. The van der Waals surface area contributed by atoms with Gasteiger partial charge >= 0.3 is 6.03 Å². The van der Waals surface area contributed by atoms with E-state index in [1.54, 1.807) is 30.1 Å². The number of imide groups is 1. The Labute approximate surface area is 354 Å². The molecule has 5 N–H and O–H groups in total. The van der Waals surface area contributed by atoms with E-state index in [1.807, 2.05) is 28.9 Å². The SMILES string of the molecule is Cc1cc(N2CCC(CN3CCN(c4ccc(Nc5nc(N6CCCC(N7CCN(C)C7=O)C6)nnc5C(N)=O)cc4F)CC3)CC2)ccc1C(=O)NC1CCC(=O)NC1=O. The number of nitrogens with one attached hydrogen (secondary N) is 3. The summed E-state index contributed by atoms with van der Waals surface area (Å²) in [6, 6.07) is 9.96. The fourth-order valence-electron chi connectivity index (χ4n) is 9.16. The normalized spacial score (nSPS) is 21.8. The highest BCUT2D eigenvalue weighted by Crippen LogP contribution is 2.30. The molecular weight excluding hydrogens is 786 g/mol. The van der Waals surface area contributed by atoms with Crippen molar-refractivity contribution in [3.05, 3.63) is 59.0 Å². The quantitative estimate of drug-likeness (QED) is 0.205. The summed E-state index contributed by atoms with van der Waals surface area (Å²) in [6.45, 7) is 10.2. The maximum Gasteiger partial charge on any atom is 0.320 e. The summed E-state index contributed by atoms with van der Waals surface area (Å²) in [5.74, 6) is -1.39. The molecule has 0 spiro atoms. The number of aromatic nitrogens is 3. The van der Waals surface area contributed by atoms with E-state index in [9.17, 15) is 24.0 Å². The number of hydrogen-bond donors (Lipinski definition) is 4. The minimum Gasteiger partial charge on any atom is -0.372 e. The molecule has 6 heterocycles. The topological polar surface area (TPSA) is 206 Å². The lowest BCUT2D eigenvalue weighted by molar-refractivity contribution is -0.134. The van der Waals surface area contributed by atoms with E-state index in [-0.39, 0.29) is 41.8 Å². The number of aryl methyl sites for hydroxylation is 1. The monoisotopic (exact) mass is 839 g/mol. The number of primary amides is 1. The van der Waals surface area contributed by atoms with Gasteiger partial charge < -0.3 is 40.9 Å². The maximum atomic E-state index is 15.7. The third kappa shape index (κ3) is 9.30. The van der Waals surface area contributed by atoms with Gasteiger partial charge in [-0.2, -0.15) is 4.98 Å². The van der Waals surface area contributed by atoms with Crippen molar-refractivity contribution in [3.8, 4) is 0 Å². The van der Waals surface area contributed by atoms with Crippen LogP contribution in [0.15, 0.2) is 36.4 Å². The van der Waals surface area contributed by atoms with Crippen LogP contribution in [-0.2, 0) is 9.59 Å². The third-order valence-corrected chi connectivity index (χ3v) is 12.7. The number of carbonyl (C=O) groups excluding carboxylic acids is 5. The minimum absolute atomic E-state index is 0.00537. The van der Waals surface area contributed by atoms with Crippen LogP contribution >= 0.6 is 0 Å². The summed E-state index contributed by atoms with van der Waals surface area (Å²) in [5, 5.41) is 16.4. The standard InChI is InChI=1S/C42H54FN13O5/c1-26-22-29(6-7-31(26)39(59)46-33-8-10-35(57)47-40(33)60)53-14-11-27(12-15-53)24-52-17-19-54(20-18-52)34-9-5-28(23-32(34)43)45-38-36(37(44)58)49-50-41(48-38)55-13-3-4-30(25-55)56-21-16-51(2)42(56)61/h5-7,9,22-23,27,30,33H,3-4,8,10-21,24-25H2,1-2H3,(H2,44,58)(H,46,59)(H,45,48,50)(H,47,57,60). The van der Waals surface area contributed by atoms with Crippen molar-refractivity contribution in [2.75, 3.05) is 99.1 Å². The predicted molar refractivity (Wildman–Crippen MR) is 226 cm³/mol. The van der Waals surface area contributed by atoms with E-state index in [0.29, 0.717) is 74.5 Å². The second kappa shape index (κ2) is 17.9. The minimum atomic E-state index is -0.810. The largest absolute Gasteiger partial charge is 0.372 e. The van der Waals surface area contributed by atoms with Crippen LogP contribution in [0, 0.1) is 18.7 Å². The molecule has 0 radical (unpaired) electrons. The smallest absolute Gasteiger partial charge is 0.320 e. The van der Waals surface area contributed by atoms with Gasteiger partial charge in [-0.25, -0.2) is 9.18 Å². The van der Waals surface area contributed by atoms with Gasteiger partial charge in [0.1, 0.15) is 11.9 Å². The fourth-order valence-corrected chi connectivity index (χ4v) is 9.16. The summed E-state index contributed by atoms with van der Waals surface area (Å²) >= 11 is 0. The first-order chi connectivity index (χ1) is 29.4. The third-order valence-electron chi connectivity index (χ3n) is 12.7. The number of benzene rings is 2. The molecule has 3 aromatic rings. The van der Waals surface area contributed by atoms with Gasteiger partial charge in [0.05, 0.1) is 11.7 Å². The van der Waals surface area contributed by atoms with Gasteiger partial charge in [0.25, 0.3) is 11.8 Å². The average Bonchev–Trinajstić information content (AvgIpc) is 3.59. The first-order valence-electron chi connectivity index (χ1n) is 21.3. The number of nitrogens with two attached hydrogens (primary N) is 1. The molecule has 2 atom stereocenters. The number of urea groups is 1. The molecule has 5 aliphatic heterocycles. The molecule has 324 valence electrons. The predicted octanol–water partition coefficient (Wildman–Crippen LogP) is 2.07. The summed E-state index contributed by atoms with van der Waals surface area (Å²) in [6.07, 6.45) is 4.28. The molecule has 19 heteroatoms. The van der Waals surface area contributed by atoms with Gasteiger partial charge in [0, 0.05) is 102 Å². The number of piperidine rings is 3. The Morgan fingerprint density at radius 1 is 0.885 bits per heavy atom. The van der Waals surface area contributed by atoms with Gasteiger partial charge in [-0.15, -0.1) is 10.2 Å². The summed E-state index contributed by atoms with van der Waals surface area (Å²) < 4.78 is 15.7. The maximum absolute atomic E-state index is 15.7. The number of amides is 6. The van der Waals surface area contributed by atoms with Crippen molar-refractivity contribution in [1.82, 2.24) is 40.5 Å². The molecule has 1 aromatic heterocycles. The van der Waals surface area contributed by atoms with E-state index in [0.717, 1.165) is 69.7 Å². The number of rotatable bonds is 11. The van der Waals surface area contributed by atoms with Gasteiger partial charge in [0.15, 0.2) is 11.5 Å². The van der Waals surface area contributed by atoms with Crippen molar-refractivity contribution in [3.63, 3.8) is 0 Å². The molecule has 6 amide bonds. The van der Waals surface area contributed by atoms with Gasteiger partial charge in [-0.05, 0) is 86.9 Å². The molecule has 2 unspecified atom stereocenters.